The Kier molecular flexibility index (Phi) is 4.35. The molecule has 0 bridgehead atoms. The quantitative estimate of drug-likeness (QED) is 0.800. The smallest absolute Gasteiger partial charge is 0.422 e. The van der Waals surface area contributed by atoms with Crippen molar-refractivity contribution < 1.29 is 17.9 Å². The second kappa shape index (κ2) is 5.34. The number of methoxy groups -OCH3 is 1. The fraction of sp³-hybridized carbons (Fsp3) is 0.125. The van der Waals surface area contributed by atoms with Gasteiger partial charge in [-0.15, -0.1) is 0 Å². The third-order valence-corrected chi connectivity index (χ3v) is 3.39. The molecule has 0 saturated carbocycles. The Morgan fingerprint density at radius 3 is 2.56 bits per heavy atom. The lowest BCUT2D eigenvalue weighted by Gasteiger charge is -2.09. The van der Waals surface area contributed by atoms with Crippen LogP contribution in [0.4, 0.5) is 10.5 Å². The second-order valence-electron chi connectivity index (χ2n) is 2.68. The van der Waals surface area contributed by atoms with Crippen LogP contribution < -0.4 is 9.44 Å². The van der Waals surface area contributed by atoms with Crippen LogP contribution in [-0.4, -0.2) is 21.6 Å². The third kappa shape index (κ3) is 3.85. The fourth-order valence-electron chi connectivity index (χ4n) is 0.866. The average molecular weight is 356 g/mol. The van der Waals surface area contributed by atoms with Gasteiger partial charge < -0.3 is 4.74 Å². The van der Waals surface area contributed by atoms with Crippen LogP contribution in [0.25, 0.3) is 0 Å². The average Bonchev–Trinajstić information content (AvgIpc) is 2.20. The lowest BCUT2D eigenvalue weighted by atomic mass is 10.3. The summed E-state index contributed by atoms with van der Waals surface area (Å²) in [6.45, 7) is 0. The van der Waals surface area contributed by atoms with E-state index in [4.69, 9.17) is 0 Å². The number of nitrogens with one attached hydrogen (secondary N) is 2. The van der Waals surface area contributed by atoms with E-state index in [2.05, 4.69) is 9.46 Å². The zero-order chi connectivity index (χ0) is 12.2. The molecule has 0 heterocycles. The summed E-state index contributed by atoms with van der Waals surface area (Å²) in [5, 5.41) is 0. The van der Waals surface area contributed by atoms with Crippen LogP contribution >= 0.6 is 22.6 Å². The Hall–Kier alpha value is -1.03. The van der Waals surface area contributed by atoms with Gasteiger partial charge in [0.15, 0.2) is 0 Å². The Morgan fingerprint density at radius 1 is 1.38 bits per heavy atom. The van der Waals surface area contributed by atoms with Crippen LogP contribution in [0.1, 0.15) is 0 Å². The molecule has 0 aliphatic rings. The topological polar surface area (TPSA) is 84.5 Å². The number of hydrogen-bond donors (Lipinski definition) is 2. The highest BCUT2D eigenvalue weighted by molar-refractivity contribution is 14.1. The molecule has 0 radical (unpaired) electrons. The largest absolute Gasteiger partial charge is 0.452 e. The number of halogens is 1. The van der Waals surface area contributed by atoms with Gasteiger partial charge in [-0.1, -0.05) is 12.1 Å². The molecule has 1 amide bonds. The molecule has 1 rings (SSSR count). The van der Waals surface area contributed by atoms with E-state index in [1.165, 1.54) is 0 Å². The Labute approximate surface area is 107 Å². The molecule has 1 aromatic carbocycles. The monoisotopic (exact) mass is 356 g/mol. The molecule has 0 aliphatic heterocycles. The van der Waals surface area contributed by atoms with Gasteiger partial charge in [-0.05, 0) is 34.7 Å². The summed E-state index contributed by atoms with van der Waals surface area (Å²) >= 11 is 1.97. The molecule has 8 heteroatoms. The molecule has 1 aromatic rings. The molecule has 2 N–H and O–H groups in total. The number of hydrogen-bond acceptors (Lipinski definition) is 4. The number of benzene rings is 1. The number of carbonyl (C=O) groups excluding carboxylic acids is 1. The molecule has 0 spiro atoms. The van der Waals surface area contributed by atoms with E-state index in [1.54, 1.807) is 29.0 Å². The van der Waals surface area contributed by atoms with Gasteiger partial charge in [0, 0.05) is 3.57 Å². The Bertz CT molecular complexity index is 489. The maximum Gasteiger partial charge on any atom is 0.422 e. The predicted molar refractivity (Wildman–Crippen MR) is 67.2 cm³/mol. The highest BCUT2D eigenvalue weighted by Crippen LogP contribution is 2.17. The molecular formula is C8H9IN2O4S. The van der Waals surface area contributed by atoms with Gasteiger partial charge >= 0.3 is 16.3 Å². The number of carbonyl (C=O) groups is 1. The molecule has 0 saturated heterocycles. The van der Waals surface area contributed by atoms with Crippen LogP contribution in [0.3, 0.4) is 0 Å². The Morgan fingerprint density at radius 2 is 2.00 bits per heavy atom. The summed E-state index contributed by atoms with van der Waals surface area (Å²) in [7, 11) is -2.87. The first kappa shape index (κ1) is 13.0. The van der Waals surface area contributed by atoms with Gasteiger partial charge in [0.1, 0.15) is 0 Å². The first-order chi connectivity index (χ1) is 7.44. The SMILES string of the molecule is COC(=O)NS(=O)(=O)Nc1ccccc1I. The molecule has 0 aliphatic carbocycles. The highest BCUT2D eigenvalue weighted by Gasteiger charge is 2.15. The second-order valence-corrected chi connectivity index (χ2v) is 5.26. The van der Waals surface area contributed by atoms with Gasteiger partial charge in [-0.2, -0.15) is 8.42 Å². The van der Waals surface area contributed by atoms with Crippen molar-refractivity contribution in [2.75, 3.05) is 11.8 Å². The van der Waals surface area contributed by atoms with Crippen LogP contribution in [0.2, 0.25) is 0 Å². The van der Waals surface area contributed by atoms with E-state index in [1.807, 2.05) is 22.6 Å². The first-order valence-corrected chi connectivity index (χ1v) is 6.64. The maximum absolute atomic E-state index is 11.4. The summed E-state index contributed by atoms with van der Waals surface area (Å²) in [5.41, 5.74) is 0.388. The summed E-state index contributed by atoms with van der Waals surface area (Å²) < 4.78 is 31.6. The van der Waals surface area contributed by atoms with Crippen molar-refractivity contribution in [3.05, 3.63) is 27.8 Å². The molecule has 0 fully saturated rings. The summed E-state index contributed by atoms with van der Waals surface area (Å²) in [6.07, 6.45) is -1.04. The Balaban J connectivity index is 2.81. The third-order valence-electron chi connectivity index (χ3n) is 1.52. The predicted octanol–water partition coefficient (Wildman–Crippen LogP) is 1.30. The van der Waals surface area contributed by atoms with E-state index < -0.39 is 16.3 Å². The van der Waals surface area contributed by atoms with Crippen molar-refractivity contribution in [1.82, 2.24) is 4.72 Å². The van der Waals surface area contributed by atoms with Gasteiger partial charge in [-0.3, -0.25) is 4.72 Å². The minimum atomic E-state index is -3.95. The molecule has 6 nitrogen and oxygen atoms in total. The lowest BCUT2D eigenvalue weighted by molar-refractivity contribution is 0.177. The van der Waals surface area contributed by atoms with Crippen LogP contribution in [0, 0.1) is 3.57 Å². The van der Waals surface area contributed by atoms with Crippen molar-refractivity contribution in [3.63, 3.8) is 0 Å². The van der Waals surface area contributed by atoms with Gasteiger partial charge in [0.05, 0.1) is 12.8 Å². The van der Waals surface area contributed by atoms with E-state index in [9.17, 15) is 13.2 Å². The maximum atomic E-state index is 11.4. The van der Waals surface area contributed by atoms with Crippen molar-refractivity contribution in [2.24, 2.45) is 0 Å². The number of anilines is 1. The van der Waals surface area contributed by atoms with Crippen molar-refractivity contribution in [3.8, 4) is 0 Å². The molecule has 0 aromatic heterocycles. The highest BCUT2D eigenvalue weighted by atomic mass is 127. The van der Waals surface area contributed by atoms with Crippen molar-refractivity contribution in [1.29, 1.82) is 0 Å². The molecule has 16 heavy (non-hydrogen) atoms. The molecule has 88 valence electrons. The minimum absolute atomic E-state index is 0.388. The van der Waals surface area contributed by atoms with E-state index in [-0.39, 0.29) is 0 Å². The summed E-state index contributed by atoms with van der Waals surface area (Å²) in [4.78, 5) is 10.7. The molecular weight excluding hydrogens is 347 g/mol. The van der Waals surface area contributed by atoms with Crippen LogP contribution in [0.15, 0.2) is 24.3 Å². The molecule has 0 unspecified atom stereocenters. The number of amides is 1. The summed E-state index contributed by atoms with van der Waals surface area (Å²) in [6, 6.07) is 6.76. The zero-order valence-electron chi connectivity index (χ0n) is 8.23. The van der Waals surface area contributed by atoms with Crippen molar-refractivity contribution in [2.45, 2.75) is 0 Å². The molecule has 0 atom stereocenters. The van der Waals surface area contributed by atoms with E-state index in [0.29, 0.717) is 5.69 Å². The van der Waals surface area contributed by atoms with Gasteiger partial charge in [0.2, 0.25) is 0 Å². The number of para-hydroxylation sites is 1. The van der Waals surface area contributed by atoms with Crippen molar-refractivity contribution >= 4 is 44.6 Å². The van der Waals surface area contributed by atoms with Gasteiger partial charge in [-0.25, -0.2) is 9.52 Å². The number of ether oxygens (including phenoxy) is 1. The summed E-state index contributed by atoms with van der Waals surface area (Å²) in [5.74, 6) is 0. The fourth-order valence-corrected chi connectivity index (χ4v) is 2.39. The number of rotatable bonds is 3. The zero-order valence-corrected chi connectivity index (χ0v) is 11.2. The van der Waals surface area contributed by atoms with Crippen LogP contribution in [-0.2, 0) is 14.9 Å². The normalized spacial score (nSPS) is 10.6. The lowest BCUT2D eigenvalue weighted by Crippen LogP contribution is -2.35. The minimum Gasteiger partial charge on any atom is -0.452 e. The van der Waals surface area contributed by atoms with Gasteiger partial charge in [0.25, 0.3) is 0 Å². The van der Waals surface area contributed by atoms with E-state index in [0.717, 1.165) is 10.7 Å². The van der Waals surface area contributed by atoms with Crippen LogP contribution in [0.5, 0.6) is 0 Å². The van der Waals surface area contributed by atoms with E-state index >= 15 is 0 Å². The first-order valence-electron chi connectivity index (χ1n) is 4.07. The standard InChI is InChI=1S/C8H9IN2O4S/c1-15-8(12)11-16(13,14)10-7-5-3-2-4-6(7)9/h2-5,10H,1H3,(H,11,12).